The Kier molecular flexibility index (Phi) is 4.82. The fourth-order valence-electron chi connectivity index (χ4n) is 3.29. The first-order chi connectivity index (χ1) is 12.6. The fourth-order valence-corrected chi connectivity index (χ4v) is 5.34. The topological polar surface area (TPSA) is 59.0 Å². The number of carbonyl (C=O) groups excluding carboxylic acids is 1. The molecule has 1 amide bonds. The Hall–Kier alpha value is -2.12. The van der Waals surface area contributed by atoms with Gasteiger partial charge in [-0.05, 0) is 44.9 Å². The number of carbonyl (C=O) groups is 1. The Bertz CT molecular complexity index is 911. The summed E-state index contributed by atoms with van der Waals surface area (Å²) in [5, 5.41) is 1.16. The number of thiazole rings is 1. The lowest BCUT2D eigenvalue weighted by molar-refractivity contribution is 0.0718. The first-order valence-corrected chi connectivity index (χ1v) is 10.3. The summed E-state index contributed by atoms with van der Waals surface area (Å²) in [6, 6.07) is 5.87. The second-order valence-electron chi connectivity index (χ2n) is 6.54. The molecule has 0 atom stereocenters. The van der Waals surface area contributed by atoms with Crippen LogP contribution in [0.2, 0.25) is 0 Å². The third-order valence-corrected chi connectivity index (χ3v) is 7.04. The van der Waals surface area contributed by atoms with Gasteiger partial charge in [0.25, 0.3) is 5.91 Å². The van der Waals surface area contributed by atoms with Crippen LogP contribution in [-0.2, 0) is 0 Å². The van der Waals surface area contributed by atoms with Crippen LogP contribution in [0.4, 0.5) is 0 Å². The van der Waals surface area contributed by atoms with E-state index in [4.69, 9.17) is 4.98 Å². The summed E-state index contributed by atoms with van der Waals surface area (Å²) in [6.07, 6.45) is 5.26. The van der Waals surface area contributed by atoms with Crippen molar-refractivity contribution in [3.05, 3.63) is 51.2 Å². The minimum absolute atomic E-state index is 0.165. The normalized spacial score (nSPS) is 15.4. The van der Waals surface area contributed by atoms with Gasteiger partial charge in [-0.25, -0.2) is 15.0 Å². The molecule has 1 aliphatic rings. The van der Waals surface area contributed by atoms with E-state index in [-0.39, 0.29) is 5.91 Å². The second kappa shape index (κ2) is 7.25. The molecule has 1 saturated heterocycles. The Balaban J connectivity index is 1.45. The van der Waals surface area contributed by atoms with Crippen LogP contribution in [-0.4, -0.2) is 38.8 Å². The van der Waals surface area contributed by atoms with E-state index in [0.717, 1.165) is 52.1 Å². The monoisotopic (exact) mass is 384 g/mol. The largest absolute Gasteiger partial charge is 0.338 e. The summed E-state index contributed by atoms with van der Waals surface area (Å²) in [6.45, 7) is 5.66. The predicted molar refractivity (Wildman–Crippen MR) is 105 cm³/mol. The van der Waals surface area contributed by atoms with E-state index in [9.17, 15) is 4.79 Å². The van der Waals surface area contributed by atoms with Crippen molar-refractivity contribution in [3.8, 4) is 10.6 Å². The number of aryl methyl sites for hydroxylation is 2. The van der Waals surface area contributed by atoms with Gasteiger partial charge in [0.2, 0.25) is 0 Å². The zero-order valence-electron chi connectivity index (χ0n) is 14.8. The molecule has 134 valence electrons. The van der Waals surface area contributed by atoms with Gasteiger partial charge in [0, 0.05) is 30.1 Å². The molecular formula is C19H20N4OS2. The van der Waals surface area contributed by atoms with Gasteiger partial charge in [-0.2, -0.15) is 0 Å². The number of thiophene rings is 1. The van der Waals surface area contributed by atoms with Crippen molar-refractivity contribution in [2.75, 3.05) is 13.1 Å². The highest BCUT2D eigenvalue weighted by atomic mass is 32.1. The van der Waals surface area contributed by atoms with Gasteiger partial charge >= 0.3 is 0 Å². The van der Waals surface area contributed by atoms with Crippen LogP contribution in [0.5, 0.6) is 0 Å². The van der Waals surface area contributed by atoms with Crippen LogP contribution < -0.4 is 0 Å². The lowest BCUT2D eigenvalue weighted by atomic mass is 9.97. The highest BCUT2D eigenvalue weighted by molar-refractivity contribution is 7.15. The Morgan fingerprint density at radius 1 is 1.15 bits per heavy atom. The Morgan fingerprint density at radius 2 is 1.96 bits per heavy atom. The number of likely N-dealkylation sites (tertiary alicyclic amines) is 1. The van der Waals surface area contributed by atoms with Gasteiger partial charge in [-0.15, -0.1) is 22.7 Å². The molecule has 0 bridgehead atoms. The first kappa shape index (κ1) is 17.3. The first-order valence-electron chi connectivity index (χ1n) is 8.71. The maximum atomic E-state index is 12.6. The van der Waals surface area contributed by atoms with Gasteiger partial charge in [-0.1, -0.05) is 0 Å². The molecule has 4 rings (SSSR count). The molecule has 0 spiro atoms. The second-order valence-corrected chi connectivity index (χ2v) is 8.86. The summed E-state index contributed by atoms with van der Waals surface area (Å²) in [7, 11) is 0. The van der Waals surface area contributed by atoms with E-state index in [0.29, 0.717) is 5.92 Å². The smallest absolute Gasteiger partial charge is 0.263 e. The molecular weight excluding hydrogens is 364 g/mol. The van der Waals surface area contributed by atoms with Crippen LogP contribution in [0.1, 0.15) is 44.0 Å². The van der Waals surface area contributed by atoms with Crippen LogP contribution in [0.3, 0.4) is 0 Å². The van der Waals surface area contributed by atoms with Gasteiger partial charge < -0.3 is 4.90 Å². The van der Waals surface area contributed by atoms with E-state index >= 15 is 0 Å². The lowest BCUT2D eigenvalue weighted by Crippen LogP contribution is -2.37. The maximum Gasteiger partial charge on any atom is 0.263 e. The molecule has 0 aromatic carbocycles. The third kappa shape index (κ3) is 3.41. The van der Waals surface area contributed by atoms with Gasteiger partial charge in [-0.3, -0.25) is 4.79 Å². The summed E-state index contributed by atoms with van der Waals surface area (Å²) < 4.78 is 0. The minimum atomic E-state index is 0.165. The number of rotatable bonds is 3. The Labute approximate surface area is 160 Å². The fraction of sp³-hybridized carbons (Fsp3) is 0.368. The molecule has 5 nitrogen and oxygen atoms in total. The van der Waals surface area contributed by atoms with Gasteiger partial charge in [0.05, 0.1) is 26.1 Å². The highest BCUT2D eigenvalue weighted by Gasteiger charge is 2.27. The molecule has 26 heavy (non-hydrogen) atoms. The van der Waals surface area contributed by atoms with Crippen molar-refractivity contribution in [1.29, 1.82) is 0 Å². The van der Waals surface area contributed by atoms with Crippen molar-refractivity contribution in [3.63, 3.8) is 0 Å². The highest BCUT2D eigenvalue weighted by Crippen LogP contribution is 2.36. The molecule has 3 aromatic rings. The molecule has 0 aliphatic carbocycles. The molecule has 4 heterocycles. The zero-order valence-corrected chi connectivity index (χ0v) is 16.4. The van der Waals surface area contributed by atoms with E-state index in [1.807, 2.05) is 36.9 Å². The van der Waals surface area contributed by atoms with Crippen LogP contribution in [0, 0.1) is 13.8 Å². The summed E-state index contributed by atoms with van der Waals surface area (Å²) >= 11 is 3.30. The summed E-state index contributed by atoms with van der Waals surface area (Å²) in [4.78, 5) is 30.9. The molecule has 3 aromatic heterocycles. The Morgan fingerprint density at radius 3 is 2.62 bits per heavy atom. The van der Waals surface area contributed by atoms with Crippen molar-refractivity contribution < 1.29 is 4.79 Å². The van der Waals surface area contributed by atoms with Crippen LogP contribution >= 0.6 is 22.7 Å². The van der Waals surface area contributed by atoms with Crippen molar-refractivity contribution in [1.82, 2.24) is 19.9 Å². The number of amides is 1. The van der Waals surface area contributed by atoms with Gasteiger partial charge in [0.15, 0.2) is 0 Å². The van der Waals surface area contributed by atoms with Crippen molar-refractivity contribution >= 4 is 28.6 Å². The lowest BCUT2D eigenvalue weighted by Gasteiger charge is -2.30. The average molecular weight is 385 g/mol. The minimum Gasteiger partial charge on any atom is -0.338 e. The summed E-state index contributed by atoms with van der Waals surface area (Å²) in [5.74, 6) is 0.585. The van der Waals surface area contributed by atoms with Gasteiger partial charge in [0.1, 0.15) is 6.33 Å². The SMILES string of the molecule is Cc1ccc(C(=O)N2CCC(c3nc(C)c(-c4ccncn4)s3)CC2)s1. The van der Waals surface area contributed by atoms with Crippen molar-refractivity contribution in [2.45, 2.75) is 32.6 Å². The average Bonchev–Trinajstić information content (AvgIpc) is 3.28. The molecule has 1 aliphatic heterocycles. The molecule has 0 N–H and O–H groups in total. The number of hydrogen-bond acceptors (Lipinski definition) is 6. The third-order valence-electron chi connectivity index (χ3n) is 4.71. The number of hydrogen-bond donors (Lipinski definition) is 0. The van der Waals surface area contributed by atoms with E-state index < -0.39 is 0 Å². The number of aromatic nitrogens is 3. The standard InChI is InChI=1S/C19H20N4OS2/c1-12-3-4-16(25-12)19(24)23-9-6-14(7-10-23)18-22-13(2)17(26-18)15-5-8-20-11-21-15/h3-5,8,11,14H,6-7,9-10H2,1-2H3. The summed E-state index contributed by atoms with van der Waals surface area (Å²) in [5.41, 5.74) is 1.96. The molecule has 7 heteroatoms. The van der Waals surface area contributed by atoms with Crippen LogP contribution in [0.15, 0.2) is 30.7 Å². The maximum absolute atomic E-state index is 12.6. The van der Waals surface area contributed by atoms with E-state index in [2.05, 4.69) is 9.97 Å². The van der Waals surface area contributed by atoms with Crippen molar-refractivity contribution in [2.24, 2.45) is 0 Å². The molecule has 0 unspecified atom stereocenters. The van der Waals surface area contributed by atoms with Crippen LogP contribution in [0.25, 0.3) is 10.6 Å². The number of nitrogens with zero attached hydrogens (tertiary/aromatic N) is 4. The zero-order chi connectivity index (χ0) is 18.1. The quantitative estimate of drug-likeness (QED) is 0.676. The molecule has 0 saturated carbocycles. The van der Waals surface area contributed by atoms with E-state index in [1.165, 1.54) is 4.88 Å². The molecule has 1 fully saturated rings. The predicted octanol–water partition coefficient (Wildman–Crippen LogP) is 4.30. The molecule has 0 radical (unpaired) electrons. The number of piperidine rings is 1. The van der Waals surface area contributed by atoms with E-state index in [1.54, 1.807) is 35.2 Å².